The topological polar surface area (TPSA) is 24.9 Å². The zero-order valence-corrected chi connectivity index (χ0v) is 12.0. The molecule has 0 aliphatic rings. The number of para-hydroxylation sites is 1. The molecule has 1 aromatic carbocycles. The monoisotopic (exact) mass is 318 g/mol. The summed E-state index contributed by atoms with van der Waals surface area (Å²) in [6.45, 7) is 0.807. The molecular weight excluding hydrogens is 308 g/mol. The summed E-state index contributed by atoms with van der Waals surface area (Å²) in [5.74, 6) is 0.915. The summed E-state index contributed by atoms with van der Waals surface area (Å²) in [6.07, 6.45) is 0. The van der Waals surface area contributed by atoms with Crippen molar-refractivity contribution < 1.29 is 0 Å². The molecule has 1 N–H and O–H groups in total. The van der Waals surface area contributed by atoms with Crippen LogP contribution in [-0.4, -0.2) is 4.98 Å². The average molecular weight is 319 g/mol. The molecular formula is C14H11BrN2S. The van der Waals surface area contributed by atoms with E-state index >= 15 is 0 Å². The van der Waals surface area contributed by atoms with Gasteiger partial charge in [0, 0.05) is 20.1 Å². The summed E-state index contributed by atoms with van der Waals surface area (Å²) in [5.41, 5.74) is 1.02. The van der Waals surface area contributed by atoms with Gasteiger partial charge in [-0.25, -0.2) is 4.98 Å². The fourth-order valence-corrected chi connectivity index (χ4v) is 3.18. The van der Waals surface area contributed by atoms with Gasteiger partial charge in [0.15, 0.2) is 0 Å². The van der Waals surface area contributed by atoms with Crippen LogP contribution in [0.25, 0.3) is 10.9 Å². The van der Waals surface area contributed by atoms with Crippen LogP contribution in [0.15, 0.2) is 52.3 Å². The molecule has 0 saturated heterocycles. The Morgan fingerprint density at radius 1 is 1.17 bits per heavy atom. The highest BCUT2D eigenvalue weighted by molar-refractivity contribution is 9.10. The number of halogens is 1. The summed E-state index contributed by atoms with van der Waals surface area (Å²) in [6, 6.07) is 14.4. The number of anilines is 1. The molecule has 0 unspecified atom stereocenters. The summed E-state index contributed by atoms with van der Waals surface area (Å²) in [7, 11) is 0. The largest absolute Gasteiger partial charge is 0.365 e. The van der Waals surface area contributed by atoms with Gasteiger partial charge < -0.3 is 5.32 Å². The molecule has 3 rings (SSSR count). The first-order valence-electron chi connectivity index (χ1n) is 5.64. The highest BCUT2D eigenvalue weighted by Crippen LogP contribution is 2.21. The third kappa shape index (κ3) is 2.54. The first-order valence-corrected chi connectivity index (χ1v) is 7.31. The normalized spacial score (nSPS) is 10.7. The highest BCUT2D eigenvalue weighted by Gasteiger charge is 2.00. The van der Waals surface area contributed by atoms with Crippen LogP contribution < -0.4 is 5.32 Å². The van der Waals surface area contributed by atoms with Crippen molar-refractivity contribution in [3.63, 3.8) is 0 Å². The predicted octanol–water partition coefficient (Wildman–Crippen LogP) is 4.67. The molecule has 90 valence electrons. The van der Waals surface area contributed by atoms with Crippen molar-refractivity contribution in [2.45, 2.75) is 6.54 Å². The van der Waals surface area contributed by atoms with Gasteiger partial charge in [0.05, 0.1) is 12.1 Å². The van der Waals surface area contributed by atoms with Crippen LogP contribution in [0.2, 0.25) is 0 Å². The number of thiophene rings is 1. The van der Waals surface area contributed by atoms with E-state index in [0.717, 1.165) is 22.4 Å². The third-order valence-corrected chi connectivity index (χ3v) is 4.36. The van der Waals surface area contributed by atoms with Gasteiger partial charge in [0.2, 0.25) is 0 Å². The number of nitrogens with zero attached hydrogens (tertiary/aromatic N) is 1. The molecule has 0 atom stereocenters. The molecule has 0 fully saturated rings. The van der Waals surface area contributed by atoms with Gasteiger partial charge in [-0.2, -0.15) is 0 Å². The Balaban J connectivity index is 1.78. The lowest BCUT2D eigenvalue weighted by Crippen LogP contribution is -1.99. The molecule has 0 spiro atoms. The third-order valence-electron chi connectivity index (χ3n) is 2.66. The van der Waals surface area contributed by atoms with Gasteiger partial charge in [0.25, 0.3) is 0 Å². The van der Waals surface area contributed by atoms with Crippen LogP contribution in [-0.2, 0) is 6.54 Å². The lowest BCUT2D eigenvalue weighted by molar-refractivity contribution is 1.15. The second-order valence-electron chi connectivity index (χ2n) is 3.97. The predicted molar refractivity (Wildman–Crippen MR) is 81.1 cm³/mol. The summed E-state index contributed by atoms with van der Waals surface area (Å²) < 4.78 is 1.13. The van der Waals surface area contributed by atoms with Crippen molar-refractivity contribution >= 4 is 44.0 Å². The summed E-state index contributed by atoms with van der Waals surface area (Å²) in [4.78, 5) is 5.87. The maximum absolute atomic E-state index is 4.58. The smallest absolute Gasteiger partial charge is 0.126 e. The maximum atomic E-state index is 4.58. The number of hydrogen-bond acceptors (Lipinski definition) is 3. The molecule has 4 heteroatoms. The Morgan fingerprint density at radius 2 is 2.06 bits per heavy atom. The van der Waals surface area contributed by atoms with E-state index in [-0.39, 0.29) is 0 Å². The lowest BCUT2D eigenvalue weighted by Gasteiger charge is -2.05. The van der Waals surface area contributed by atoms with Crippen LogP contribution in [0.5, 0.6) is 0 Å². The van der Waals surface area contributed by atoms with E-state index in [0.29, 0.717) is 0 Å². The fourth-order valence-electron chi connectivity index (χ4n) is 1.79. The second kappa shape index (κ2) is 5.08. The van der Waals surface area contributed by atoms with Crippen molar-refractivity contribution in [1.29, 1.82) is 0 Å². The van der Waals surface area contributed by atoms with Gasteiger partial charge >= 0.3 is 0 Å². The Hall–Kier alpha value is -1.39. The summed E-state index contributed by atoms with van der Waals surface area (Å²) in [5, 5.41) is 6.60. The maximum Gasteiger partial charge on any atom is 0.126 e. The molecule has 0 radical (unpaired) electrons. The van der Waals surface area contributed by atoms with Gasteiger partial charge in [-0.3, -0.25) is 0 Å². The van der Waals surface area contributed by atoms with E-state index in [9.17, 15) is 0 Å². The van der Waals surface area contributed by atoms with Crippen molar-refractivity contribution in [3.8, 4) is 0 Å². The molecule has 0 aliphatic heterocycles. The minimum absolute atomic E-state index is 0.807. The lowest BCUT2D eigenvalue weighted by atomic mass is 10.2. The minimum Gasteiger partial charge on any atom is -0.365 e. The molecule has 3 aromatic rings. The van der Waals surface area contributed by atoms with E-state index in [1.54, 1.807) is 11.3 Å². The number of benzene rings is 1. The van der Waals surface area contributed by atoms with Gasteiger partial charge in [-0.05, 0) is 40.2 Å². The SMILES string of the molecule is Brc1csc(CNc2ccc3ccccc3n2)c1. The number of hydrogen-bond donors (Lipinski definition) is 1. The van der Waals surface area contributed by atoms with Crippen molar-refractivity contribution in [2.24, 2.45) is 0 Å². The molecule has 0 amide bonds. The van der Waals surface area contributed by atoms with E-state index in [2.05, 4.69) is 49.8 Å². The highest BCUT2D eigenvalue weighted by atomic mass is 79.9. The van der Waals surface area contributed by atoms with Crippen LogP contribution in [0.3, 0.4) is 0 Å². The molecule has 2 heterocycles. The van der Waals surface area contributed by atoms with Crippen LogP contribution in [0.1, 0.15) is 4.88 Å². The van der Waals surface area contributed by atoms with Crippen LogP contribution in [0, 0.1) is 0 Å². The first kappa shape index (κ1) is 11.7. The summed E-state index contributed by atoms with van der Waals surface area (Å²) >= 11 is 5.19. The number of fused-ring (bicyclic) bond motifs is 1. The Kier molecular flexibility index (Phi) is 3.30. The average Bonchev–Trinajstić information content (AvgIpc) is 2.82. The van der Waals surface area contributed by atoms with Gasteiger partial charge in [-0.15, -0.1) is 11.3 Å². The molecule has 0 aliphatic carbocycles. The fraction of sp³-hybridized carbons (Fsp3) is 0.0714. The van der Waals surface area contributed by atoms with Crippen LogP contribution >= 0.6 is 27.3 Å². The quantitative estimate of drug-likeness (QED) is 0.759. The second-order valence-corrected chi connectivity index (χ2v) is 5.89. The number of aromatic nitrogens is 1. The molecule has 18 heavy (non-hydrogen) atoms. The first-order chi connectivity index (χ1) is 8.81. The van der Waals surface area contributed by atoms with E-state index in [1.165, 1.54) is 10.3 Å². The van der Waals surface area contributed by atoms with Gasteiger partial charge in [-0.1, -0.05) is 18.2 Å². The van der Waals surface area contributed by atoms with Crippen molar-refractivity contribution in [1.82, 2.24) is 4.98 Å². The number of nitrogens with one attached hydrogen (secondary N) is 1. The number of rotatable bonds is 3. The standard InChI is InChI=1S/C14H11BrN2S/c15-11-7-12(18-9-11)8-16-14-6-5-10-3-1-2-4-13(10)17-14/h1-7,9H,8H2,(H,16,17). The molecule has 2 nitrogen and oxygen atoms in total. The zero-order chi connectivity index (χ0) is 12.4. The van der Waals surface area contributed by atoms with Gasteiger partial charge in [0.1, 0.15) is 5.82 Å². The minimum atomic E-state index is 0.807. The molecule has 2 aromatic heterocycles. The zero-order valence-electron chi connectivity index (χ0n) is 9.56. The Bertz CT molecular complexity index is 678. The van der Waals surface area contributed by atoms with Crippen molar-refractivity contribution in [2.75, 3.05) is 5.32 Å². The van der Waals surface area contributed by atoms with E-state index in [4.69, 9.17) is 0 Å². The van der Waals surface area contributed by atoms with Crippen LogP contribution in [0.4, 0.5) is 5.82 Å². The molecule has 0 bridgehead atoms. The van der Waals surface area contributed by atoms with Crippen molar-refractivity contribution in [3.05, 3.63) is 57.2 Å². The van der Waals surface area contributed by atoms with E-state index in [1.807, 2.05) is 24.3 Å². The molecule has 0 saturated carbocycles. The number of pyridine rings is 1. The Morgan fingerprint density at radius 3 is 2.89 bits per heavy atom. The Labute approximate surface area is 118 Å². The van der Waals surface area contributed by atoms with E-state index < -0.39 is 0 Å².